The van der Waals surface area contributed by atoms with Gasteiger partial charge in [-0.3, -0.25) is 0 Å². The van der Waals surface area contributed by atoms with Gasteiger partial charge in [-0.15, -0.1) is 0 Å². The van der Waals surface area contributed by atoms with Crippen molar-refractivity contribution in [3.63, 3.8) is 0 Å². The molecule has 1 fully saturated rings. The van der Waals surface area contributed by atoms with Crippen molar-refractivity contribution < 1.29 is 14.1 Å². The van der Waals surface area contributed by atoms with E-state index in [1.165, 1.54) is 5.56 Å². The fraction of sp³-hybridized carbons (Fsp3) is 0.526. The molecule has 0 aliphatic carbocycles. The van der Waals surface area contributed by atoms with E-state index >= 15 is 0 Å². The second-order valence-corrected chi connectivity index (χ2v) is 6.45. The molecule has 0 bridgehead atoms. The summed E-state index contributed by atoms with van der Waals surface area (Å²) in [6, 6.07) is 7.72. The zero-order valence-corrected chi connectivity index (χ0v) is 15.6. The number of benzene rings is 1. The van der Waals surface area contributed by atoms with Crippen LogP contribution in [0.1, 0.15) is 50.0 Å². The first kappa shape index (κ1) is 18.2. The first-order chi connectivity index (χ1) is 12.6. The van der Waals surface area contributed by atoms with Gasteiger partial charge in [0, 0.05) is 19.6 Å². The van der Waals surface area contributed by atoms with Crippen LogP contribution in [0.25, 0.3) is 0 Å². The Morgan fingerprint density at radius 1 is 1.31 bits per heavy atom. The monoisotopic (exact) mass is 358 g/mol. The lowest BCUT2D eigenvalue weighted by Crippen LogP contribution is -2.42. The zero-order chi connectivity index (χ0) is 18.5. The quantitative estimate of drug-likeness (QED) is 0.789. The molecule has 0 spiro atoms. The second kappa shape index (κ2) is 8.21. The fourth-order valence-corrected chi connectivity index (χ4v) is 3.18. The third-order valence-corrected chi connectivity index (χ3v) is 4.70. The number of hydrogen-bond acceptors (Lipinski definition) is 5. The molecule has 1 unspecified atom stereocenters. The maximum absolute atomic E-state index is 12.7. The summed E-state index contributed by atoms with van der Waals surface area (Å²) in [7, 11) is 0. The Morgan fingerprint density at radius 2 is 2.04 bits per heavy atom. The van der Waals surface area contributed by atoms with Crippen LogP contribution >= 0.6 is 0 Å². The predicted octanol–water partition coefficient (Wildman–Crippen LogP) is 3.56. The number of amides is 2. The van der Waals surface area contributed by atoms with Crippen molar-refractivity contribution >= 4 is 6.03 Å². The van der Waals surface area contributed by atoms with Gasteiger partial charge in [-0.05, 0) is 45.7 Å². The van der Waals surface area contributed by atoms with Crippen LogP contribution in [0, 0.1) is 6.92 Å². The van der Waals surface area contributed by atoms with Gasteiger partial charge in [0.05, 0.1) is 6.04 Å². The summed E-state index contributed by atoms with van der Waals surface area (Å²) in [5, 5.41) is 4.09. The molecular weight excluding hydrogens is 332 g/mol. The standard InChI is InChI=1S/C19H26N4O3/c1-4-22(5-2)19(24)23-12-6-7-16(23)18-20-17(26-21-18)13-25-15-10-8-14(3)9-11-15/h8-11,16H,4-7,12-13H2,1-3H3. The van der Waals surface area contributed by atoms with E-state index in [1.807, 2.05) is 54.8 Å². The first-order valence-corrected chi connectivity index (χ1v) is 9.19. The summed E-state index contributed by atoms with van der Waals surface area (Å²) in [6.07, 6.45) is 1.80. The maximum Gasteiger partial charge on any atom is 0.320 e. The van der Waals surface area contributed by atoms with Crippen molar-refractivity contribution in [2.24, 2.45) is 0 Å². The highest BCUT2D eigenvalue weighted by Gasteiger charge is 2.35. The number of nitrogens with zero attached hydrogens (tertiary/aromatic N) is 4. The van der Waals surface area contributed by atoms with Crippen LogP contribution in [0.2, 0.25) is 0 Å². The molecule has 7 heteroatoms. The summed E-state index contributed by atoms with van der Waals surface area (Å²) < 4.78 is 11.0. The number of aryl methyl sites for hydroxylation is 1. The third kappa shape index (κ3) is 3.98. The van der Waals surface area contributed by atoms with Crippen LogP contribution in [0.4, 0.5) is 4.79 Å². The van der Waals surface area contributed by atoms with Gasteiger partial charge >= 0.3 is 6.03 Å². The van der Waals surface area contributed by atoms with Crippen molar-refractivity contribution in [2.45, 2.75) is 46.3 Å². The summed E-state index contributed by atoms with van der Waals surface area (Å²) in [5.74, 6) is 1.74. The second-order valence-electron chi connectivity index (χ2n) is 6.45. The molecule has 2 amide bonds. The Kier molecular flexibility index (Phi) is 5.75. The minimum absolute atomic E-state index is 0.0414. The lowest BCUT2D eigenvalue weighted by atomic mass is 10.2. The molecule has 1 aliphatic heterocycles. The highest BCUT2D eigenvalue weighted by atomic mass is 16.5. The van der Waals surface area contributed by atoms with E-state index < -0.39 is 0 Å². The van der Waals surface area contributed by atoms with Crippen LogP contribution in [0.15, 0.2) is 28.8 Å². The summed E-state index contributed by atoms with van der Waals surface area (Å²) >= 11 is 0. The molecule has 1 aromatic heterocycles. The van der Waals surface area contributed by atoms with Crippen LogP contribution < -0.4 is 4.74 Å². The smallest absolute Gasteiger partial charge is 0.320 e. The minimum atomic E-state index is -0.125. The Hall–Kier alpha value is -2.57. The first-order valence-electron chi connectivity index (χ1n) is 9.19. The van der Waals surface area contributed by atoms with Gasteiger partial charge < -0.3 is 19.1 Å². The molecule has 1 aliphatic rings. The number of carbonyl (C=O) groups excluding carboxylic acids is 1. The molecule has 1 aromatic carbocycles. The molecule has 1 atom stereocenters. The molecule has 2 aromatic rings. The average Bonchev–Trinajstić information content (AvgIpc) is 3.31. The summed E-state index contributed by atoms with van der Waals surface area (Å²) in [5.41, 5.74) is 1.18. The number of aromatic nitrogens is 2. The topological polar surface area (TPSA) is 71.7 Å². The zero-order valence-electron chi connectivity index (χ0n) is 15.6. The van der Waals surface area contributed by atoms with E-state index in [4.69, 9.17) is 9.26 Å². The van der Waals surface area contributed by atoms with Gasteiger partial charge in [0.2, 0.25) is 0 Å². The van der Waals surface area contributed by atoms with Gasteiger partial charge in [0.1, 0.15) is 5.75 Å². The fourth-order valence-electron chi connectivity index (χ4n) is 3.18. The largest absolute Gasteiger partial charge is 0.484 e. The number of carbonyl (C=O) groups is 1. The predicted molar refractivity (Wildman–Crippen MR) is 96.8 cm³/mol. The average molecular weight is 358 g/mol. The Bertz CT molecular complexity index is 725. The van der Waals surface area contributed by atoms with Gasteiger partial charge in [0.15, 0.2) is 12.4 Å². The molecule has 0 N–H and O–H groups in total. The van der Waals surface area contributed by atoms with Crippen molar-refractivity contribution in [1.82, 2.24) is 19.9 Å². The van der Waals surface area contributed by atoms with Crippen LogP contribution in [0.3, 0.4) is 0 Å². The van der Waals surface area contributed by atoms with Gasteiger partial charge in [-0.25, -0.2) is 4.79 Å². The molecule has 26 heavy (non-hydrogen) atoms. The Balaban J connectivity index is 1.64. The molecule has 3 rings (SSSR count). The number of likely N-dealkylation sites (tertiary alicyclic amines) is 1. The van der Waals surface area contributed by atoms with Crippen LogP contribution in [0.5, 0.6) is 5.75 Å². The van der Waals surface area contributed by atoms with E-state index in [1.54, 1.807) is 0 Å². The maximum atomic E-state index is 12.7. The summed E-state index contributed by atoms with van der Waals surface area (Å²) in [4.78, 5) is 20.8. The molecular formula is C19H26N4O3. The molecule has 7 nitrogen and oxygen atoms in total. The third-order valence-electron chi connectivity index (χ3n) is 4.70. The van der Waals surface area contributed by atoms with E-state index in [0.29, 0.717) is 24.8 Å². The minimum Gasteiger partial charge on any atom is -0.484 e. The van der Waals surface area contributed by atoms with Crippen molar-refractivity contribution in [2.75, 3.05) is 19.6 Å². The SMILES string of the molecule is CCN(CC)C(=O)N1CCCC1c1noc(COc2ccc(C)cc2)n1. The molecule has 140 valence electrons. The van der Waals surface area contributed by atoms with Gasteiger partial charge in [0.25, 0.3) is 5.89 Å². The normalized spacial score (nSPS) is 16.7. The Labute approximate surface area is 153 Å². The Morgan fingerprint density at radius 3 is 2.73 bits per heavy atom. The highest BCUT2D eigenvalue weighted by molar-refractivity contribution is 5.75. The number of rotatable bonds is 6. The number of hydrogen-bond donors (Lipinski definition) is 0. The molecule has 0 saturated carbocycles. The van der Waals surface area contributed by atoms with Crippen molar-refractivity contribution in [3.05, 3.63) is 41.5 Å². The van der Waals surface area contributed by atoms with Crippen molar-refractivity contribution in [1.29, 1.82) is 0 Å². The van der Waals surface area contributed by atoms with E-state index in [2.05, 4.69) is 10.1 Å². The number of urea groups is 1. The van der Waals surface area contributed by atoms with Crippen molar-refractivity contribution in [3.8, 4) is 5.75 Å². The van der Waals surface area contributed by atoms with Gasteiger partial charge in [-0.2, -0.15) is 4.98 Å². The summed E-state index contributed by atoms with van der Waals surface area (Å²) in [6.45, 7) is 8.33. The van der Waals surface area contributed by atoms with Gasteiger partial charge in [-0.1, -0.05) is 22.9 Å². The van der Waals surface area contributed by atoms with Crippen LogP contribution in [-0.2, 0) is 6.61 Å². The van der Waals surface area contributed by atoms with E-state index in [-0.39, 0.29) is 18.7 Å². The molecule has 0 radical (unpaired) electrons. The number of ether oxygens (including phenoxy) is 1. The van der Waals surface area contributed by atoms with E-state index in [0.717, 1.165) is 25.1 Å². The van der Waals surface area contributed by atoms with E-state index in [9.17, 15) is 4.79 Å². The van der Waals surface area contributed by atoms with Crippen LogP contribution in [-0.4, -0.2) is 45.6 Å². The highest BCUT2D eigenvalue weighted by Crippen LogP contribution is 2.31. The lowest BCUT2D eigenvalue weighted by molar-refractivity contribution is 0.150. The molecule has 2 heterocycles. The molecule has 1 saturated heterocycles. The lowest BCUT2D eigenvalue weighted by Gasteiger charge is -2.29.